The van der Waals surface area contributed by atoms with Crippen LogP contribution < -0.4 is 20.3 Å². The number of hydrogen-bond donors (Lipinski definition) is 1. The van der Waals surface area contributed by atoms with Crippen molar-refractivity contribution in [1.29, 1.82) is 0 Å². The summed E-state index contributed by atoms with van der Waals surface area (Å²) in [6, 6.07) is 4.18. The van der Waals surface area contributed by atoms with Crippen LogP contribution in [0.2, 0.25) is 0 Å². The van der Waals surface area contributed by atoms with Gasteiger partial charge in [-0.25, -0.2) is 13.8 Å². The Morgan fingerprint density at radius 3 is 3.00 bits per heavy atom. The molecule has 3 heterocycles. The molecule has 2 amide bonds. The summed E-state index contributed by atoms with van der Waals surface area (Å²) in [5.74, 6) is 0.887. The minimum absolute atomic E-state index is 0.0357. The molecule has 11 heteroatoms. The van der Waals surface area contributed by atoms with Gasteiger partial charge in [-0.05, 0) is 12.1 Å². The summed E-state index contributed by atoms with van der Waals surface area (Å²) in [6.07, 6.45) is -1.03. The normalized spacial score (nSPS) is 18.3. The zero-order valence-corrected chi connectivity index (χ0v) is 16.4. The van der Waals surface area contributed by atoms with Gasteiger partial charge in [0.25, 0.3) is 11.7 Å². The van der Waals surface area contributed by atoms with Crippen molar-refractivity contribution in [3.05, 3.63) is 24.4 Å². The van der Waals surface area contributed by atoms with Crippen LogP contribution in [0, 0.1) is 0 Å². The SMILES string of the molecule is CN(CC(N)=O)c1ccc2c(c1)OCCn1cc(N3C(=O)SCC3C(F)F)nc1-2. The number of thioether (sulfide) groups is 1. The molecule has 0 radical (unpaired) electrons. The Morgan fingerprint density at radius 1 is 1.48 bits per heavy atom. The standard InChI is InChI=1S/C18H19F2N5O3S/c1-23(7-14(21)26)10-2-3-11-13(6-10)28-5-4-24-8-15(22-17(11)24)25-12(16(19)20)9-29-18(25)27/h2-3,6,8,12,16H,4-5,7,9H2,1H3,(H2,21,26). The molecular formula is C18H19F2N5O3S. The van der Waals surface area contributed by atoms with Gasteiger partial charge in [0.2, 0.25) is 5.91 Å². The van der Waals surface area contributed by atoms with Gasteiger partial charge in [0.05, 0.1) is 18.7 Å². The number of benzene rings is 1. The molecule has 0 saturated carbocycles. The number of nitrogens with two attached hydrogens (primary N) is 1. The molecule has 29 heavy (non-hydrogen) atoms. The number of halogens is 2. The summed E-state index contributed by atoms with van der Waals surface area (Å²) in [6.45, 7) is 0.860. The van der Waals surface area contributed by atoms with Gasteiger partial charge in [0.1, 0.15) is 24.2 Å². The predicted octanol–water partition coefficient (Wildman–Crippen LogP) is 2.17. The maximum Gasteiger partial charge on any atom is 0.287 e. The Labute approximate surface area is 169 Å². The zero-order valence-electron chi connectivity index (χ0n) is 15.5. The summed E-state index contributed by atoms with van der Waals surface area (Å²) >= 11 is 0.872. The molecule has 0 spiro atoms. The van der Waals surface area contributed by atoms with Crippen LogP contribution in [0.25, 0.3) is 11.4 Å². The van der Waals surface area contributed by atoms with Crippen LogP contribution in [0.15, 0.2) is 24.4 Å². The second-order valence-corrected chi connectivity index (χ2v) is 7.79. The quantitative estimate of drug-likeness (QED) is 0.792. The van der Waals surface area contributed by atoms with Gasteiger partial charge < -0.3 is 19.9 Å². The van der Waals surface area contributed by atoms with Crippen LogP contribution in [0.4, 0.5) is 25.1 Å². The first-order valence-corrected chi connectivity index (χ1v) is 9.91. The number of carbonyl (C=O) groups is 2. The fraction of sp³-hybridized carbons (Fsp3) is 0.389. The third kappa shape index (κ3) is 3.61. The average Bonchev–Trinajstić information content (AvgIpc) is 3.20. The third-order valence-corrected chi connectivity index (χ3v) is 5.79. The van der Waals surface area contributed by atoms with E-state index in [0.29, 0.717) is 30.3 Å². The fourth-order valence-corrected chi connectivity index (χ4v) is 4.40. The summed E-state index contributed by atoms with van der Waals surface area (Å²) in [5, 5.41) is -0.427. The summed E-state index contributed by atoms with van der Waals surface area (Å²) < 4.78 is 34.3. The Balaban J connectivity index is 1.70. The van der Waals surface area contributed by atoms with Crippen molar-refractivity contribution in [2.24, 2.45) is 5.73 Å². The van der Waals surface area contributed by atoms with Crippen LogP contribution >= 0.6 is 11.8 Å². The van der Waals surface area contributed by atoms with Gasteiger partial charge in [-0.1, -0.05) is 11.8 Å². The second-order valence-electron chi connectivity index (χ2n) is 6.82. The molecule has 1 saturated heterocycles. The highest BCUT2D eigenvalue weighted by molar-refractivity contribution is 8.14. The lowest BCUT2D eigenvalue weighted by Gasteiger charge is -2.20. The molecule has 4 rings (SSSR count). The summed E-state index contributed by atoms with van der Waals surface area (Å²) in [7, 11) is 1.74. The molecule has 1 aromatic heterocycles. The molecule has 2 aliphatic heterocycles. The molecule has 2 aromatic rings. The van der Waals surface area contributed by atoms with E-state index in [1.165, 1.54) is 0 Å². The third-order valence-electron chi connectivity index (χ3n) is 4.84. The van der Waals surface area contributed by atoms with E-state index < -0.39 is 23.6 Å². The second kappa shape index (κ2) is 7.54. The molecule has 154 valence electrons. The maximum atomic E-state index is 13.3. The van der Waals surface area contributed by atoms with E-state index in [1.807, 2.05) is 0 Å². The molecule has 1 aromatic carbocycles. The van der Waals surface area contributed by atoms with Crippen molar-refractivity contribution in [3.63, 3.8) is 0 Å². The van der Waals surface area contributed by atoms with Crippen molar-refractivity contribution >= 4 is 34.4 Å². The highest BCUT2D eigenvalue weighted by atomic mass is 32.2. The molecule has 2 N–H and O–H groups in total. The first-order valence-electron chi connectivity index (χ1n) is 8.93. The van der Waals surface area contributed by atoms with Gasteiger partial charge in [-0.15, -0.1) is 0 Å². The molecule has 2 aliphatic rings. The van der Waals surface area contributed by atoms with Gasteiger partial charge in [-0.3, -0.25) is 14.5 Å². The van der Waals surface area contributed by atoms with Gasteiger partial charge in [-0.2, -0.15) is 0 Å². The highest BCUT2D eigenvalue weighted by Gasteiger charge is 2.40. The predicted molar refractivity (Wildman–Crippen MR) is 106 cm³/mol. The van der Waals surface area contributed by atoms with E-state index in [1.54, 1.807) is 40.9 Å². The number of likely N-dealkylation sites (N-methyl/N-ethyl adjacent to an activating group) is 1. The maximum absolute atomic E-state index is 13.3. The van der Waals surface area contributed by atoms with Crippen molar-refractivity contribution in [2.75, 3.05) is 35.8 Å². The van der Waals surface area contributed by atoms with E-state index in [2.05, 4.69) is 4.98 Å². The average molecular weight is 423 g/mol. The minimum atomic E-state index is -2.64. The van der Waals surface area contributed by atoms with Crippen molar-refractivity contribution < 1.29 is 23.1 Å². The zero-order chi connectivity index (χ0) is 20.7. The molecule has 8 nitrogen and oxygen atoms in total. The topological polar surface area (TPSA) is 93.7 Å². The number of fused-ring (bicyclic) bond motifs is 3. The number of hydrogen-bond acceptors (Lipinski definition) is 6. The smallest absolute Gasteiger partial charge is 0.287 e. The molecule has 0 aliphatic carbocycles. The number of anilines is 2. The lowest BCUT2D eigenvalue weighted by molar-refractivity contribution is -0.116. The van der Waals surface area contributed by atoms with E-state index in [4.69, 9.17) is 10.5 Å². The number of alkyl halides is 2. The number of carbonyl (C=O) groups excluding carboxylic acids is 2. The Kier molecular flexibility index (Phi) is 5.07. The number of amides is 2. The minimum Gasteiger partial charge on any atom is -0.491 e. The molecular weight excluding hydrogens is 404 g/mol. The molecule has 1 fully saturated rings. The Hall–Kier alpha value is -2.82. The molecule has 0 bridgehead atoms. The van der Waals surface area contributed by atoms with Gasteiger partial charge in [0, 0.05) is 30.8 Å². The van der Waals surface area contributed by atoms with Crippen molar-refractivity contribution in [2.45, 2.75) is 19.0 Å². The molecule has 1 unspecified atom stereocenters. The van der Waals surface area contributed by atoms with Gasteiger partial charge >= 0.3 is 0 Å². The number of rotatable bonds is 5. The van der Waals surface area contributed by atoms with Crippen LogP contribution in [-0.4, -0.2) is 59.1 Å². The van der Waals surface area contributed by atoms with Crippen molar-refractivity contribution in [3.8, 4) is 17.1 Å². The number of ether oxygens (including phenoxy) is 1. The first-order chi connectivity index (χ1) is 13.8. The highest BCUT2D eigenvalue weighted by Crippen LogP contribution is 2.38. The number of primary amides is 1. The number of nitrogens with zero attached hydrogens (tertiary/aromatic N) is 4. The largest absolute Gasteiger partial charge is 0.491 e. The number of imidazole rings is 1. The van der Waals surface area contributed by atoms with E-state index in [9.17, 15) is 18.4 Å². The first kappa shape index (κ1) is 19.5. The van der Waals surface area contributed by atoms with Crippen LogP contribution in [0.1, 0.15) is 0 Å². The van der Waals surface area contributed by atoms with Crippen molar-refractivity contribution in [1.82, 2.24) is 9.55 Å². The van der Waals surface area contributed by atoms with Crippen LogP contribution in [-0.2, 0) is 11.3 Å². The fourth-order valence-electron chi connectivity index (χ4n) is 3.42. The van der Waals surface area contributed by atoms with E-state index in [-0.39, 0.29) is 18.1 Å². The van der Waals surface area contributed by atoms with Gasteiger partial charge in [0.15, 0.2) is 5.82 Å². The summed E-state index contributed by atoms with van der Waals surface area (Å²) in [5.41, 5.74) is 6.67. The Bertz CT molecular complexity index is 967. The van der Waals surface area contributed by atoms with E-state index >= 15 is 0 Å². The monoisotopic (exact) mass is 423 g/mol. The van der Waals surface area contributed by atoms with Crippen LogP contribution in [0.3, 0.4) is 0 Å². The number of aromatic nitrogens is 2. The van der Waals surface area contributed by atoms with Crippen LogP contribution in [0.5, 0.6) is 5.75 Å². The summed E-state index contributed by atoms with van der Waals surface area (Å²) in [4.78, 5) is 30.6. The lowest BCUT2D eigenvalue weighted by Crippen LogP contribution is -2.38. The Morgan fingerprint density at radius 2 is 2.28 bits per heavy atom. The van der Waals surface area contributed by atoms with E-state index in [0.717, 1.165) is 22.3 Å². The lowest BCUT2D eigenvalue weighted by atomic mass is 10.1. The molecule has 1 atom stereocenters.